The first-order chi connectivity index (χ1) is 6.15. The lowest BCUT2D eigenvalue weighted by Gasteiger charge is -2.30. The van der Waals surface area contributed by atoms with E-state index in [1.807, 2.05) is 0 Å². The minimum Gasteiger partial charge on any atom is -0.468 e. The lowest BCUT2D eigenvalue weighted by atomic mass is 9.86. The molecule has 0 spiro atoms. The number of carbonyl (C=O) groups is 1. The summed E-state index contributed by atoms with van der Waals surface area (Å²) in [5, 5.41) is 3.23. The Labute approximate surface area is 79.8 Å². The predicted molar refractivity (Wildman–Crippen MR) is 51.4 cm³/mol. The Bertz CT molecular complexity index is 172. The van der Waals surface area contributed by atoms with E-state index in [4.69, 9.17) is 0 Å². The highest BCUT2D eigenvalue weighted by atomic mass is 16.5. The predicted octanol–water partition coefficient (Wildman–Crippen LogP) is 1.18. The number of hydrogen-bond acceptors (Lipinski definition) is 3. The summed E-state index contributed by atoms with van der Waals surface area (Å²) in [4.78, 5) is 11.2. The molecule has 1 aliphatic rings. The van der Waals surface area contributed by atoms with E-state index in [0.717, 1.165) is 19.4 Å². The van der Waals surface area contributed by atoms with Crippen molar-refractivity contribution in [3.8, 4) is 0 Å². The molecule has 1 saturated heterocycles. The average molecular weight is 185 g/mol. The monoisotopic (exact) mass is 185 g/mol. The molecular weight excluding hydrogens is 166 g/mol. The van der Waals surface area contributed by atoms with Crippen LogP contribution in [0, 0.1) is 11.8 Å². The summed E-state index contributed by atoms with van der Waals surface area (Å²) < 4.78 is 4.68. The number of piperidine rings is 1. The smallest absolute Gasteiger partial charge is 0.322 e. The first kappa shape index (κ1) is 10.5. The maximum atomic E-state index is 11.2. The fourth-order valence-electron chi connectivity index (χ4n) is 1.79. The third-order valence-electron chi connectivity index (χ3n) is 2.88. The molecule has 13 heavy (non-hydrogen) atoms. The van der Waals surface area contributed by atoms with Crippen LogP contribution in [0.25, 0.3) is 0 Å². The van der Waals surface area contributed by atoms with Crippen LogP contribution in [0.4, 0.5) is 0 Å². The van der Waals surface area contributed by atoms with Crippen LogP contribution in [0.3, 0.4) is 0 Å². The first-order valence-corrected chi connectivity index (χ1v) is 4.96. The fourth-order valence-corrected chi connectivity index (χ4v) is 1.79. The van der Waals surface area contributed by atoms with Gasteiger partial charge < -0.3 is 10.1 Å². The van der Waals surface area contributed by atoms with E-state index in [9.17, 15) is 4.79 Å². The highest BCUT2D eigenvalue weighted by Crippen LogP contribution is 2.21. The summed E-state index contributed by atoms with van der Waals surface area (Å²) in [5.74, 6) is 1.29. The Morgan fingerprint density at radius 1 is 1.46 bits per heavy atom. The zero-order valence-corrected chi connectivity index (χ0v) is 8.67. The van der Waals surface area contributed by atoms with Crippen molar-refractivity contribution in [2.45, 2.75) is 32.7 Å². The summed E-state index contributed by atoms with van der Waals surface area (Å²) >= 11 is 0. The van der Waals surface area contributed by atoms with E-state index in [-0.39, 0.29) is 12.0 Å². The van der Waals surface area contributed by atoms with Crippen LogP contribution in [0.5, 0.6) is 0 Å². The largest absolute Gasteiger partial charge is 0.468 e. The molecule has 0 radical (unpaired) electrons. The van der Waals surface area contributed by atoms with Crippen LogP contribution < -0.4 is 5.32 Å². The number of carbonyl (C=O) groups excluding carboxylic acids is 1. The van der Waals surface area contributed by atoms with E-state index >= 15 is 0 Å². The molecule has 1 N–H and O–H groups in total. The van der Waals surface area contributed by atoms with Crippen LogP contribution in [-0.2, 0) is 9.53 Å². The van der Waals surface area contributed by atoms with Crippen molar-refractivity contribution in [1.29, 1.82) is 0 Å². The van der Waals surface area contributed by atoms with E-state index < -0.39 is 0 Å². The lowest BCUT2D eigenvalue weighted by molar-refractivity contribution is -0.144. The Morgan fingerprint density at radius 3 is 2.54 bits per heavy atom. The topological polar surface area (TPSA) is 38.3 Å². The van der Waals surface area contributed by atoms with Gasteiger partial charge in [0.15, 0.2) is 0 Å². The van der Waals surface area contributed by atoms with Crippen LogP contribution in [0.15, 0.2) is 0 Å². The second-order valence-electron chi connectivity index (χ2n) is 4.07. The van der Waals surface area contributed by atoms with Gasteiger partial charge in [0, 0.05) is 0 Å². The second-order valence-corrected chi connectivity index (χ2v) is 4.07. The number of methoxy groups -OCH3 is 1. The van der Waals surface area contributed by atoms with Crippen molar-refractivity contribution < 1.29 is 9.53 Å². The van der Waals surface area contributed by atoms with Crippen LogP contribution in [0.2, 0.25) is 0 Å². The molecule has 0 aromatic carbocycles. The van der Waals surface area contributed by atoms with Crippen LogP contribution >= 0.6 is 0 Å². The highest BCUT2D eigenvalue weighted by molar-refractivity contribution is 5.75. The lowest BCUT2D eigenvalue weighted by Crippen LogP contribution is -2.45. The number of ether oxygens (including phenoxy) is 1. The molecule has 1 aliphatic heterocycles. The Morgan fingerprint density at radius 2 is 2.15 bits per heavy atom. The number of esters is 1. The van der Waals surface area contributed by atoms with Crippen molar-refractivity contribution in [1.82, 2.24) is 5.32 Å². The van der Waals surface area contributed by atoms with E-state index in [0.29, 0.717) is 11.8 Å². The van der Waals surface area contributed by atoms with Crippen molar-refractivity contribution in [3.63, 3.8) is 0 Å². The second kappa shape index (κ2) is 4.61. The van der Waals surface area contributed by atoms with Gasteiger partial charge in [-0.2, -0.15) is 0 Å². The van der Waals surface area contributed by atoms with Gasteiger partial charge in [-0.1, -0.05) is 13.8 Å². The van der Waals surface area contributed by atoms with Crippen LogP contribution in [-0.4, -0.2) is 25.7 Å². The molecule has 0 aromatic rings. The highest BCUT2D eigenvalue weighted by Gasteiger charge is 2.27. The molecule has 2 unspecified atom stereocenters. The van der Waals surface area contributed by atoms with Gasteiger partial charge in [-0.15, -0.1) is 0 Å². The van der Waals surface area contributed by atoms with E-state index in [1.165, 1.54) is 7.11 Å². The molecule has 2 atom stereocenters. The molecule has 1 rings (SSSR count). The van der Waals surface area contributed by atoms with Crippen molar-refractivity contribution in [2.24, 2.45) is 11.8 Å². The molecule has 0 aromatic heterocycles. The maximum absolute atomic E-state index is 11.2. The molecule has 1 fully saturated rings. The molecule has 76 valence electrons. The van der Waals surface area contributed by atoms with Gasteiger partial charge in [0.05, 0.1) is 7.11 Å². The molecule has 3 nitrogen and oxygen atoms in total. The van der Waals surface area contributed by atoms with Gasteiger partial charge in [-0.05, 0) is 31.2 Å². The molecular formula is C10H19NO2. The Balaban J connectivity index is 2.34. The number of nitrogens with one attached hydrogen (secondary N) is 1. The summed E-state index contributed by atoms with van der Waals surface area (Å²) in [6, 6.07) is -0.0694. The number of rotatable bonds is 2. The third-order valence-corrected chi connectivity index (χ3v) is 2.88. The molecule has 3 heteroatoms. The standard InChI is InChI=1S/C10H19NO2/c1-7(2)8-4-5-9(11-6-8)10(12)13-3/h7-9,11H,4-6H2,1-3H3. The minimum atomic E-state index is -0.123. The van der Waals surface area contributed by atoms with Crippen molar-refractivity contribution in [2.75, 3.05) is 13.7 Å². The first-order valence-electron chi connectivity index (χ1n) is 4.96. The molecule has 0 aliphatic carbocycles. The third kappa shape index (κ3) is 2.69. The zero-order valence-electron chi connectivity index (χ0n) is 8.67. The van der Waals surface area contributed by atoms with Gasteiger partial charge in [-0.25, -0.2) is 0 Å². The Hall–Kier alpha value is -0.570. The molecule has 1 heterocycles. The molecule has 0 amide bonds. The van der Waals surface area contributed by atoms with Crippen molar-refractivity contribution in [3.05, 3.63) is 0 Å². The van der Waals surface area contributed by atoms with Crippen molar-refractivity contribution >= 4 is 5.97 Å². The minimum absolute atomic E-state index is 0.0694. The van der Waals surface area contributed by atoms with Gasteiger partial charge in [-0.3, -0.25) is 4.79 Å². The van der Waals surface area contributed by atoms with Gasteiger partial charge in [0.25, 0.3) is 0 Å². The Kier molecular flexibility index (Phi) is 3.72. The van der Waals surface area contributed by atoms with E-state index in [1.54, 1.807) is 0 Å². The summed E-state index contributed by atoms with van der Waals surface area (Å²) in [6.45, 7) is 5.40. The molecule has 0 saturated carbocycles. The summed E-state index contributed by atoms with van der Waals surface area (Å²) in [5.41, 5.74) is 0. The van der Waals surface area contributed by atoms with Gasteiger partial charge in [0.2, 0.25) is 0 Å². The van der Waals surface area contributed by atoms with E-state index in [2.05, 4.69) is 23.9 Å². The SMILES string of the molecule is COC(=O)C1CCC(C(C)C)CN1. The van der Waals surface area contributed by atoms with Gasteiger partial charge >= 0.3 is 5.97 Å². The summed E-state index contributed by atoms with van der Waals surface area (Å²) in [6.07, 6.45) is 2.04. The average Bonchev–Trinajstić information content (AvgIpc) is 2.17. The van der Waals surface area contributed by atoms with Crippen LogP contribution in [0.1, 0.15) is 26.7 Å². The number of hydrogen-bond donors (Lipinski definition) is 1. The fraction of sp³-hybridized carbons (Fsp3) is 0.900. The zero-order chi connectivity index (χ0) is 9.84. The van der Waals surface area contributed by atoms with Gasteiger partial charge in [0.1, 0.15) is 6.04 Å². The summed E-state index contributed by atoms with van der Waals surface area (Å²) in [7, 11) is 1.44. The normalized spacial score (nSPS) is 28.9. The maximum Gasteiger partial charge on any atom is 0.322 e. The molecule has 0 bridgehead atoms. The quantitative estimate of drug-likeness (QED) is 0.657.